The molecule has 0 aliphatic carbocycles. The summed E-state index contributed by atoms with van der Waals surface area (Å²) in [6.07, 6.45) is 2.12. The molecule has 40 heavy (non-hydrogen) atoms. The van der Waals surface area contributed by atoms with Gasteiger partial charge in [-0.1, -0.05) is 66.7 Å². The zero-order valence-corrected chi connectivity index (χ0v) is 21.6. The third-order valence-corrected chi connectivity index (χ3v) is 7.87. The number of ether oxygens (including phenoxy) is 1. The van der Waals surface area contributed by atoms with E-state index in [1.807, 2.05) is 60.7 Å². The minimum atomic E-state index is -0.770. The number of hydrogen-bond donors (Lipinski definition) is 1. The highest BCUT2D eigenvalue weighted by Gasteiger charge is 2.52. The molecule has 2 heterocycles. The lowest BCUT2D eigenvalue weighted by Crippen LogP contribution is -2.68. The molecule has 2 atom stereocenters. The third kappa shape index (κ3) is 5.09. The second-order valence-electron chi connectivity index (χ2n) is 9.01. The summed E-state index contributed by atoms with van der Waals surface area (Å²) in [6, 6.07) is 20.9. The van der Waals surface area contributed by atoms with Crippen molar-refractivity contribution in [2.75, 3.05) is 5.75 Å². The first-order valence-corrected chi connectivity index (χ1v) is 13.2. The second-order valence-corrected chi connectivity index (χ2v) is 10.1. The Labute approximate surface area is 232 Å². The van der Waals surface area contributed by atoms with Crippen LogP contribution in [0.5, 0.6) is 0 Å². The van der Waals surface area contributed by atoms with Gasteiger partial charge in [0.25, 0.3) is 11.4 Å². The van der Waals surface area contributed by atoms with Gasteiger partial charge in [0.15, 0.2) is 6.10 Å². The maximum atomic E-state index is 13.8. The van der Waals surface area contributed by atoms with Gasteiger partial charge in [-0.25, -0.2) is 4.79 Å². The number of nitrogens with zero attached hydrogens (tertiary/aromatic N) is 3. The molecule has 1 saturated heterocycles. The van der Waals surface area contributed by atoms with Crippen LogP contribution in [-0.4, -0.2) is 43.8 Å². The molecule has 3 aromatic rings. The number of esters is 1. The molecule has 1 fully saturated rings. The van der Waals surface area contributed by atoms with Crippen LogP contribution in [0.25, 0.3) is 6.08 Å². The molecule has 2 aliphatic rings. The summed E-state index contributed by atoms with van der Waals surface area (Å²) in [5, 5.41) is 22.2. The van der Waals surface area contributed by atoms with Crippen LogP contribution < -0.4 is 5.73 Å². The standard InChI is InChI=1S/C28H22N4O7S/c29-23-26(33)30-24(28(34)39-25(18-7-3-1-4-8-18)19-9-5-2-6-10-19)20(16-40-27(23)30)12-11-17-13-14-21(31(35)36)15-22(17)32(37)38/h1-15,23,25,27H,16,29H2/t23-,27-/m1/s1. The van der Waals surface area contributed by atoms with Gasteiger partial charge in [-0.15, -0.1) is 11.8 Å². The average molecular weight is 559 g/mol. The molecule has 12 heteroatoms. The SMILES string of the molecule is N[C@@H]1C(=O)N2C(C(=O)OC(c3ccccc3)c3ccccc3)=C(C=Cc3ccc([N+](=O)[O-])cc3[N+](=O)[O-])CS[C@H]12. The molecule has 3 aromatic carbocycles. The smallest absolute Gasteiger partial charge is 0.356 e. The predicted octanol–water partition coefficient (Wildman–Crippen LogP) is 4.35. The van der Waals surface area contributed by atoms with E-state index < -0.39 is 50.6 Å². The molecule has 0 unspecified atom stereocenters. The van der Waals surface area contributed by atoms with Crippen LogP contribution in [0.3, 0.4) is 0 Å². The van der Waals surface area contributed by atoms with Gasteiger partial charge in [0.1, 0.15) is 17.1 Å². The van der Waals surface area contributed by atoms with E-state index in [1.54, 1.807) is 0 Å². The normalized spacial score (nSPS) is 18.4. The van der Waals surface area contributed by atoms with Crippen molar-refractivity contribution in [3.63, 3.8) is 0 Å². The number of rotatable bonds is 8. The zero-order chi connectivity index (χ0) is 28.4. The van der Waals surface area contributed by atoms with Gasteiger partial charge < -0.3 is 10.5 Å². The van der Waals surface area contributed by atoms with Crippen molar-refractivity contribution >= 4 is 41.1 Å². The van der Waals surface area contributed by atoms with E-state index in [1.165, 1.54) is 34.9 Å². The number of hydrogen-bond acceptors (Lipinski definition) is 9. The van der Waals surface area contributed by atoms with Crippen molar-refractivity contribution in [3.05, 3.63) is 133 Å². The fourth-order valence-corrected chi connectivity index (χ4v) is 5.80. The minimum absolute atomic E-state index is 0.00752. The second kappa shape index (κ2) is 11.1. The first kappa shape index (κ1) is 26.8. The largest absolute Gasteiger partial charge is 0.448 e. The molecule has 0 spiro atoms. The van der Waals surface area contributed by atoms with Crippen LogP contribution in [0.1, 0.15) is 22.8 Å². The lowest BCUT2D eigenvalue weighted by molar-refractivity contribution is -0.394. The lowest BCUT2D eigenvalue weighted by Gasteiger charge is -2.48. The minimum Gasteiger partial charge on any atom is -0.448 e. The number of benzene rings is 3. The van der Waals surface area contributed by atoms with Crippen molar-refractivity contribution in [1.29, 1.82) is 0 Å². The first-order valence-electron chi connectivity index (χ1n) is 12.1. The molecule has 0 aromatic heterocycles. The lowest BCUT2D eigenvalue weighted by atomic mass is 10.0. The molecule has 5 rings (SSSR count). The molecule has 0 radical (unpaired) electrons. The van der Waals surface area contributed by atoms with Crippen LogP contribution in [0, 0.1) is 20.2 Å². The Balaban J connectivity index is 1.54. The van der Waals surface area contributed by atoms with E-state index in [0.717, 1.165) is 23.3 Å². The fourth-order valence-electron chi connectivity index (χ4n) is 4.54. The van der Waals surface area contributed by atoms with Gasteiger partial charge in [0, 0.05) is 11.8 Å². The van der Waals surface area contributed by atoms with Crippen LogP contribution in [0.15, 0.2) is 96.2 Å². The Morgan fingerprint density at radius 1 is 0.975 bits per heavy atom. The van der Waals surface area contributed by atoms with Crippen LogP contribution in [-0.2, 0) is 14.3 Å². The van der Waals surface area contributed by atoms with Crippen LogP contribution >= 0.6 is 11.8 Å². The number of thioether (sulfide) groups is 1. The first-order chi connectivity index (χ1) is 19.3. The number of allylic oxidation sites excluding steroid dienone is 1. The summed E-state index contributed by atoms with van der Waals surface area (Å²) >= 11 is 1.36. The Kier molecular flexibility index (Phi) is 7.45. The zero-order valence-electron chi connectivity index (χ0n) is 20.8. The molecule has 0 bridgehead atoms. The van der Waals surface area contributed by atoms with E-state index in [-0.39, 0.29) is 17.0 Å². The van der Waals surface area contributed by atoms with Gasteiger partial charge in [-0.2, -0.15) is 0 Å². The molecule has 2 aliphatic heterocycles. The quantitative estimate of drug-likeness (QED) is 0.184. The average Bonchev–Trinajstić information content (AvgIpc) is 2.98. The van der Waals surface area contributed by atoms with Crippen LogP contribution in [0.2, 0.25) is 0 Å². The van der Waals surface area contributed by atoms with Gasteiger partial charge in [-0.05, 0) is 28.8 Å². The molecule has 11 nitrogen and oxygen atoms in total. The van der Waals surface area contributed by atoms with Gasteiger partial charge >= 0.3 is 5.97 Å². The van der Waals surface area contributed by atoms with Crippen molar-refractivity contribution in [3.8, 4) is 0 Å². The summed E-state index contributed by atoms with van der Waals surface area (Å²) in [4.78, 5) is 49.1. The highest BCUT2D eigenvalue weighted by molar-refractivity contribution is 8.00. The van der Waals surface area contributed by atoms with Gasteiger partial charge in [-0.3, -0.25) is 29.9 Å². The number of nitrogens with two attached hydrogens (primary N) is 1. The van der Waals surface area contributed by atoms with E-state index in [2.05, 4.69) is 0 Å². The van der Waals surface area contributed by atoms with Crippen LogP contribution in [0.4, 0.5) is 11.4 Å². The van der Waals surface area contributed by atoms with Crippen molar-refractivity contribution < 1.29 is 24.2 Å². The van der Waals surface area contributed by atoms with Crippen molar-refractivity contribution in [2.45, 2.75) is 17.5 Å². The molecular weight excluding hydrogens is 536 g/mol. The molecule has 2 N–H and O–H groups in total. The maximum absolute atomic E-state index is 13.8. The fraction of sp³-hybridized carbons (Fsp3) is 0.143. The van der Waals surface area contributed by atoms with E-state index in [0.29, 0.717) is 5.57 Å². The van der Waals surface area contributed by atoms with Gasteiger partial charge in [0.05, 0.1) is 21.5 Å². The highest BCUT2D eigenvalue weighted by Crippen LogP contribution is 2.41. The number of non-ortho nitro benzene ring substituents is 1. The van der Waals surface area contributed by atoms with Crippen molar-refractivity contribution in [2.24, 2.45) is 5.73 Å². The monoisotopic (exact) mass is 558 g/mol. The Morgan fingerprint density at radius 3 is 2.17 bits per heavy atom. The number of carbonyl (C=O) groups excluding carboxylic acids is 2. The summed E-state index contributed by atoms with van der Waals surface area (Å²) in [6.45, 7) is 0. The molecule has 202 valence electrons. The summed E-state index contributed by atoms with van der Waals surface area (Å²) in [5.41, 5.74) is 7.07. The Morgan fingerprint density at radius 2 is 1.60 bits per heavy atom. The van der Waals surface area contributed by atoms with E-state index in [4.69, 9.17) is 10.5 Å². The summed E-state index contributed by atoms with van der Waals surface area (Å²) in [7, 11) is 0. The third-order valence-electron chi connectivity index (χ3n) is 6.55. The Bertz CT molecular complexity index is 1520. The van der Waals surface area contributed by atoms with Gasteiger partial charge in [0.2, 0.25) is 5.91 Å². The van der Waals surface area contributed by atoms with E-state index >= 15 is 0 Å². The van der Waals surface area contributed by atoms with Crippen molar-refractivity contribution in [1.82, 2.24) is 4.90 Å². The predicted molar refractivity (Wildman–Crippen MR) is 148 cm³/mol. The summed E-state index contributed by atoms with van der Waals surface area (Å²) < 4.78 is 6.03. The van der Waals surface area contributed by atoms with E-state index in [9.17, 15) is 29.8 Å². The number of amides is 1. The number of fused-ring (bicyclic) bond motifs is 1. The number of nitro groups is 2. The highest BCUT2D eigenvalue weighted by atomic mass is 32.2. The molecular formula is C28H22N4O7S. The topological polar surface area (TPSA) is 159 Å². The number of nitro benzene ring substituents is 2. The summed E-state index contributed by atoms with van der Waals surface area (Å²) in [5.74, 6) is -0.904. The molecule has 1 amide bonds. The number of β-lactam (4-membered cyclic amide) rings is 1. The number of carbonyl (C=O) groups is 2. The maximum Gasteiger partial charge on any atom is 0.356 e. The molecule has 0 saturated carbocycles. The Hall–Kier alpha value is -4.81.